The molecule has 0 unspecified atom stereocenters. The zero-order valence-corrected chi connectivity index (χ0v) is 25.8. The van der Waals surface area contributed by atoms with Gasteiger partial charge < -0.3 is 14.8 Å². The molecule has 220 valence electrons. The maximum absolute atomic E-state index is 14.0. The Morgan fingerprint density at radius 1 is 0.881 bits per heavy atom. The summed E-state index contributed by atoms with van der Waals surface area (Å²) in [5.74, 6) is -0.448. The summed E-state index contributed by atoms with van der Waals surface area (Å²) >= 11 is 12.3. The van der Waals surface area contributed by atoms with Gasteiger partial charge in [-0.3, -0.25) is 13.9 Å². The van der Waals surface area contributed by atoms with Crippen LogP contribution in [0.3, 0.4) is 0 Å². The van der Waals surface area contributed by atoms with Gasteiger partial charge in [0.05, 0.1) is 17.7 Å². The van der Waals surface area contributed by atoms with Gasteiger partial charge in [-0.05, 0) is 74.2 Å². The number of anilines is 1. The number of rotatable bonds is 9. The standard InChI is InChI=1S/C31H30Cl2N2O6S/c1-31(2,3)41-29(36)19-35(42(38,39)24-16-21(32)15-22(33)17-24)28-13-7-10-25-26(28)11-6-12-27(25)30(37)34-18-20-8-5-9-23(14-20)40-4/h5-17H,18-19H2,1-4H3,(H,34,37). The number of benzene rings is 4. The second-order valence-electron chi connectivity index (χ2n) is 10.4. The molecule has 11 heteroatoms. The Bertz CT molecular complexity index is 1730. The molecule has 0 heterocycles. The average molecular weight is 630 g/mol. The van der Waals surface area contributed by atoms with Crippen LogP contribution >= 0.6 is 23.2 Å². The van der Waals surface area contributed by atoms with E-state index in [-0.39, 0.29) is 33.1 Å². The highest BCUT2D eigenvalue weighted by molar-refractivity contribution is 7.93. The molecule has 0 atom stereocenters. The Kier molecular flexibility index (Phi) is 9.35. The van der Waals surface area contributed by atoms with Gasteiger partial charge in [0, 0.05) is 27.5 Å². The summed E-state index contributed by atoms with van der Waals surface area (Å²) in [6.45, 7) is 4.69. The summed E-state index contributed by atoms with van der Waals surface area (Å²) in [7, 11) is -2.81. The maximum Gasteiger partial charge on any atom is 0.327 e. The Hall–Kier alpha value is -3.79. The molecule has 0 bridgehead atoms. The summed E-state index contributed by atoms with van der Waals surface area (Å²) in [5.41, 5.74) is 0.506. The van der Waals surface area contributed by atoms with Gasteiger partial charge in [-0.2, -0.15) is 0 Å². The number of methoxy groups -OCH3 is 1. The quantitative estimate of drug-likeness (QED) is 0.209. The van der Waals surface area contributed by atoms with Gasteiger partial charge in [-0.15, -0.1) is 0 Å². The summed E-state index contributed by atoms with van der Waals surface area (Å²) in [6.07, 6.45) is 0. The van der Waals surface area contributed by atoms with E-state index >= 15 is 0 Å². The van der Waals surface area contributed by atoms with Crippen molar-refractivity contribution >= 4 is 61.6 Å². The van der Waals surface area contributed by atoms with Gasteiger partial charge in [0.2, 0.25) is 0 Å². The van der Waals surface area contributed by atoms with Crippen molar-refractivity contribution < 1.29 is 27.5 Å². The van der Waals surface area contributed by atoms with Crippen LogP contribution in [0.5, 0.6) is 5.75 Å². The van der Waals surface area contributed by atoms with Crippen molar-refractivity contribution in [3.05, 3.63) is 100 Å². The molecule has 0 aliphatic heterocycles. The number of amides is 1. The molecular formula is C31H30Cl2N2O6S. The number of nitrogens with one attached hydrogen (secondary N) is 1. The average Bonchev–Trinajstić information content (AvgIpc) is 2.92. The Balaban J connectivity index is 1.78. The topological polar surface area (TPSA) is 102 Å². The third-order valence-electron chi connectivity index (χ3n) is 6.12. The number of halogens is 2. The highest BCUT2D eigenvalue weighted by Gasteiger charge is 2.31. The minimum Gasteiger partial charge on any atom is -0.497 e. The van der Waals surface area contributed by atoms with Crippen LogP contribution in [0, 0.1) is 0 Å². The van der Waals surface area contributed by atoms with Crippen molar-refractivity contribution in [1.29, 1.82) is 0 Å². The summed E-state index contributed by atoms with van der Waals surface area (Å²) < 4.78 is 39.7. The Morgan fingerprint density at radius 2 is 1.52 bits per heavy atom. The molecule has 42 heavy (non-hydrogen) atoms. The van der Waals surface area contributed by atoms with Crippen LogP contribution in [0.15, 0.2) is 83.8 Å². The molecule has 0 fully saturated rings. The number of sulfonamides is 1. The fourth-order valence-electron chi connectivity index (χ4n) is 4.36. The molecule has 4 aromatic rings. The van der Waals surface area contributed by atoms with Crippen molar-refractivity contribution in [1.82, 2.24) is 5.32 Å². The maximum atomic E-state index is 14.0. The minimum absolute atomic E-state index is 0.117. The first-order valence-corrected chi connectivity index (χ1v) is 15.1. The lowest BCUT2D eigenvalue weighted by atomic mass is 10.0. The first-order valence-electron chi connectivity index (χ1n) is 12.9. The van der Waals surface area contributed by atoms with E-state index in [1.165, 1.54) is 18.2 Å². The molecule has 8 nitrogen and oxygen atoms in total. The fourth-order valence-corrected chi connectivity index (χ4v) is 6.52. The highest BCUT2D eigenvalue weighted by atomic mass is 35.5. The van der Waals surface area contributed by atoms with Crippen molar-refractivity contribution in [2.75, 3.05) is 18.0 Å². The van der Waals surface area contributed by atoms with Gasteiger partial charge in [-0.1, -0.05) is 59.6 Å². The van der Waals surface area contributed by atoms with Crippen LogP contribution in [0.2, 0.25) is 10.0 Å². The van der Waals surface area contributed by atoms with E-state index in [0.29, 0.717) is 22.1 Å². The Labute approximate surface area is 255 Å². The molecule has 0 saturated carbocycles. The lowest BCUT2D eigenvalue weighted by Crippen LogP contribution is -2.39. The largest absolute Gasteiger partial charge is 0.497 e. The third-order valence-corrected chi connectivity index (χ3v) is 8.29. The molecule has 4 rings (SSSR count). The predicted molar refractivity (Wildman–Crippen MR) is 165 cm³/mol. The number of carbonyl (C=O) groups excluding carboxylic acids is 2. The number of hydrogen-bond donors (Lipinski definition) is 1. The van der Waals surface area contributed by atoms with Crippen LogP contribution in [0.25, 0.3) is 10.8 Å². The van der Waals surface area contributed by atoms with Crippen LogP contribution in [-0.4, -0.2) is 39.5 Å². The van der Waals surface area contributed by atoms with Gasteiger partial charge in [0.25, 0.3) is 15.9 Å². The molecule has 0 aromatic heterocycles. The van der Waals surface area contributed by atoms with Gasteiger partial charge in [-0.25, -0.2) is 8.42 Å². The number of hydrogen-bond acceptors (Lipinski definition) is 6. The van der Waals surface area contributed by atoms with Crippen LogP contribution in [-0.2, 0) is 26.1 Å². The van der Waals surface area contributed by atoms with Crippen molar-refractivity contribution in [3.63, 3.8) is 0 Å². The molecule has 0 saturated heterocycles. The molecule has 0 aliphatic carbocycles. The van der Waals surface area contributed by atoms with Gasteiger partial charge >= 0.3 is 5.97 Å². The van der Waals surface area contributed by atoms with E-state index in [9.17, 15) is 18.0 Å². The molecule has 0 aliphatic rings. The Morgan fingerprint density at radius 3 is 2.19 bits per heavy atom. The van der Waals surface area contributed by atoms with Crippen molar-refractivity contribution in [3.8, 4) is 5.75 Å². The lowest BCUT2D eigenvalue weighted by Gasteiger charge is -2.27. The zero-order chi connectivity index (χ0) is 30.7. The first kappa shape index (κ1) is 31.2. The lowest BCUT2D eigenvalue weighted by molar-refractivity contribution is -0.152. The molecule has 1 N–H and O–H groups in total. The van der Waals surface area contributed by atoms with Crippen molar-refractivity contribution in [2.45, 2.75) is 37.8 Å². The van der Waals surface area contributed by atoms with E-state index in [1.807, 2.05) is 24.3 Å². The van der Waals surface area contributed by atoms with E-state index < -0.39 is 28.1 Å². The first-order chi connectivity index (χ1) is 19.8. The SMILES string of the molecule is COc1cccc(CNC(=O)c2cccc3c(N(CC(=O)OC(C)(C)C)S(=O)(=O)c4cc(Cl)cc(Cl)c4)cccc23)c1. The number of carbonyl (C=O) groups is 2. The molecule has 0 spiro atoms. The highest BCUT2D eigenvalue weighted by Crippen LogP contribution is 2.34. The minimum atomic E-state index is -4.38. The van der Waals surface area contributed by atoms with Crippen molar-refractivity contribution in [2.24, 2.45) is 0 Å². The number of fused-ring (bicyclic) bond motifs is 1. The molecular weight excluding hydrogens is 599 g/mol. The fraction of sp³-hybridized carbons (Fsp3) is 0.226. The smallest absolute Gasteiger partial charge is 0.327 e. The van der Waals surface area contributed by atoms with E-state index in [2.05, 4.69) is 5.32 Å². The molecule has 0 radical (unpaired) electrons. The number of esters is 1. The summed E-state index contributed by atoms with van der Waals surface area (Å²) in [5, 5.41) is 4.07. The summed E-state index contributed by atoms with van der Waals surface area (Å²) in [4.78, 5) is 26.1. The third kappa shape index (κ3) is 7.34. The molecule has 1 amide bonds. The summed E-state index contributed by atoms with van der Waals surface area (Å²) in [6, 6.07) is 21.2. The van der Waals surface area contributed by atoms with E-state index in [0.717, 1.165) is 9.87 Å². The monoisotopic (exact) mass is 628 g/mol. The zero-order valence-electron chi connectivity index (χ0n) is 23.5. The number of ether oxygens (including phenoxy) is 2. The van der Waals surface area contributed by atoms with Gasteiger partial charge in [0.1, 0.15) is 17.9 Å². The second kappa shape index (κ2) is 12.6. The van der Waals surface area contributed by atoms with E-state index in [1.54, 1.807) is 64.3 Å². The number of nitrogens with zero attached hydrogens (tertiary/aromatic N) is 1. The molecule has 4 aromatic carbocycles. The van der Waals surface area contributed by atoms with Crippen LogP contribution in [0.4, 0.5) is 5.69 Å². The van der Waals surface area contributed by atoms with Crippen LogP contribution in [0.1, 0.15) is 36.7 Å². The predicted octanol–water partition coefficient (Wildman–Crippen LogP) is 6.62. The second-order valence-corrected chi connectivity index (χ2v) is 13.2. The van der Waals surface area contributed by atoms with Gasteiger partial charge in [0.15, 0.2) is 0 Å². The van der Waals surface area contributed by atoms with E-state index in [4.69, 9.17) is 32.7 Å². The normalized spacial score (nSPS) is 11.7. The van der Waals surface area contributed by atoms with Crippen LogP contribution < -0.4 is 14.4 Å².